The zero-order valence-corrected chi connectivity index (χ0v) is 13.5. The molecule has 24 heavy (non-hydrogen) atoms. The minimum atomic E-state index is -0.580. The van der Waals surface area contributed by atoms with Gasteiger partial charge in [0, 0.05) is 5.56 Å². The maximum Gasteiger partial charge on any atom is 0.251 e. The van der Waals surface area contributed by atoms with Gasteiger partial charge in [-0.2, -0.15) is 0 Å². The third kappa shape index (κ3) is 2.99. The Morgan fingerprint density at radius 1 is 1.17 bits per heavy atom. The van der Waals surface area contributed by atoms with Gasteiger partial charge in [0.25, 0.3) is 5.91 Å². The molecule has 3 aromatic rings. The number of aromatic nitrogens is 2. The van der Waals surface area contributed by atoms with Gasteiger partial charge in [0.05, 0.1) is 23.3 Å². The van der Waals surface area contributed by atoms with Crippen molar-refractivity contribution in [1.82, 2.24) is 14.9 Å². The van der Waals surface area contributed by atoms with E-state index in [9.17, 15) is 9.59 Å². The lowest BCUT2D eigenvalue weighted by Crippen LogP contribution is -2.33. The van der Waals surface area contributed by atoms with E-state index in [1.807, 2.05) is 10.6 Å². The summed E-state index contributed by atoms with van der Waals surface area (Å²) >= 11 is 0. The first kappa shape index (κ1) is 15.7. The van der Waals surface area contributed by atoms with Crippen molar-refractivity contribution in [2.45, 2.75) is 13.8 Å². The van der Waals surface area contributed by atoms with Gasteiger partial charge < -0.3 is 11.1 Å². The van der Waals surface area contributed by atoms with E-state index in [0.717, 1.165) is 16.8 Å². The Labute approximate surface area is 139 Å². The lowest BCUT2D eigenvalue weighted by Gasteiger charge is -2.09. The van der Waals surface area contributed by atoms with Crippen LogP contribution in [0.4, 0.5) is 0 Å². The fourth-order valence-corrected chi connectivity index (χ4v) is 2.69. The van der Waals surface area contributed by atoms with Gasteiger partial charge >= 0.3 is 0 Å². The van der Waals surface area contributed by atoms with Crippen LogP contribution in [-0.4, -0.2) is 27.9 Å². The van der Waals surface area contributed by atoms with Gasteiger partial charge in [0.1, 0.15) is 6.33 Å². The molecular formula is C18H18N4O2. The monoisotopic (exact) mass is 322 g/mol. The number of benzene rings is 2. The van der Waals surface area contributed by atoms with Gasteiger partial charge in [0.15, 0.2) is 0 Å². The van der Waals surface area contributed by atoms with Crippen LogP contribution in [0.3, 0.4) is 0 Å². The van der Waals surface area contributed by atoms with Gasteiger partial charge in [-0.15, -0.1) is 0 Å². The number of rotatable bonds is 4. The number of hydrogen-bond donors (Lipinski definition) is 2. The molecule has 0 unspecified atom stereocenters. The fraction of sp³-hybridized carbons (Fsp3) is 0.167. The van der Waals surface area contributed by atoms with Crippen LogP contribution in [0.25, 0.3) is 16.7 Å². The van der Waals surface area contributed by atoms with Crippen molar-refractivity contribution in [1.29, 1.82) is 0 Å². The molecule has 0 fully saturated rings. The van der Waals surface area contributed by atoms with Gasteiger partial charge in [-0.1, -0.05) is 17.7 Å². The van der Waals surface area contributed by atoms with E-state index in [1.54, 1.807) is 18.5 Å². The number of aryl methyl sites for hydroxylation is 2. The van der Waals surface area contributed by atoms with Crippen molar-refractivity contribution in [2.24, 2.45) is 5.73 Å². The summed E-state index contributed by atoms with van der Waals surface area (Å²) in [5.41, 5.74) is 10.5. The normalized spacial score (nSPS) is 10.8. The smallest absolute Gasteiger partial charge is 0.251 e. The highest BCUT2D eigenvalue weighted by molar-refractivity contribution is 5.99. The number of hydrogen-bond acceptors (Lipinski definition) is 3. The first-order valence-corrected chi connectivity index (χ1v) is 7.57. The van der Waals surface area contributed by atoms with Crippen molar-refractivity contribution in [3.8, 4) is 5.69 Å². The van der Waals surface area contributed by atoms with Crippen LogP contribution < -0.4 is 11.1 Å². The first-order chi connectivity index (χ1) is 11.5. The zero-order valence-electron chi connectivity index (χ0n) is 13.5. The molecular weight excluding hydrogens is 304 g/mol. The van der Waals surface area contributed by atoms with Crippen molar-refractivity contribution >= 4 is 22.8 Å². The van der Waals surface area contributed by atoms with Crippen LogP contribution in [-0.2, 0) is 4.79 Å². The number of amides is 2. The molecule has 6 heteroatoms. The second-order valence-corrected chi connectivity index (χ2v) is 5.76. The molecule has 0 aliphatic heterocycles. The van der Waals surface area contributed by atoms with E-state index in [2.05, 4.69) is 42.3 Å². The maximum absolute atomic E-state index is 12.0. The Bertz CT molecular complexity index is 943. The van der Waals surface area contributed by atoms with Crippen LogP contribution in [0.2, 0.25) is 0 Å². The fourth-order valence-electron chi connectivity index (χ4n) is 2.69. The predicted molar refractivity (Wildman–Crippen MR) is 92.1 cm³/mol. The van der Waals surface area contributed by atoms with Gasteiger partial charge in [0.2, 0.25) is 5.91 Å². The third-order valence-corrected chi connectivity index (χ3v) is 3.84. The summed E-state index contributed by atoms with van der Waals surface area (Å²) < 4.78 is 2.00. The van der Waals surface area contributed by atoms with E-state index in [4.69, 9.17) is 5.73 Å². The molecule has 0 aliphatic carbocycles. The van der Waals surface area contributed by atoms with Gasteiger partial charge in [-0.3, -0.25) is 14.2 Å². The molecule has 2 aromatic carbocycles. The standard InChI is InChI=1S/C18H18N4O2/c1-11-3-5-15(12(2)7-11)22-10-21-14-8-13(4-6-16(14)22)18(24)20-9-17(19)23/h3-8,10H,9H2,1-2H3,(H2,19,23)(H,20,24). The number of nitrogens with one attached hydrogen (secondary N) is 1. The van der Waals surface area contributed by atoms with Crippen LogP contribution in [0, 0.1) is 13.8 Å². The van der Waals surface area contributed by atoms with E-state index < -0.39 is 5.91 Å². The van der Waals surface area contributed by atoms with Crippen LogP contribution in [0.1, 0.15) is 21.5 Å². The second-order valence-electron chi connectivity index (χ2n) is 5.76. The van der Waals surface area contributed by atoms with Crippen LogP contribution in [0.5, 0.6) is 0 Å². The SMILES string of the molecule is Cc1ccc(-n2cnc3cc(C(=O)NCC(N)=O)ccc32)c(C)c1. The summed E-state index contributed by atoms with van der Waals surface area (Å²) in [5.74, 6) is -0.930. The predicted octanol–water partition coefficient (Wildman–Crippen LogP) is 1.86. The average molecular weight is 322 g/mol. The molecule has 0 radical (unpaired) electrons. The largest absolute Gasteiger partial charge is 0.368 e. The number of primary amides is 1. The van der Waals surface area contributed by atoms with Crippen LogP contribution >= 0.6 is 0 Å². The summed E-state index contributed by atoms with van der Waals surface area (Å²) in [7, 11) is 0. The van der Waals surface area contributed by atoms with Gasteiger partial charge in [-0.05, 0) is 43.7 Å². The topological polar surface area (TPSA) is 90.0 Å². The molecule has 1 aromatic heterocycles. The highest BCUT2D eigenvalue weighted by Gasteiger charge is 2.11. The number of carbonyl (C=O) groups excluding carboxylic acids is 2. The summed E-state index contributed by atoms with van der Waals surface area (Å²) in [6, 6.07) is 11.5. The van der Waals surface area contributed by atoms with Crippen molar-refractivity contribution in [3.05, 3.63) is 59.4 Å². The van der Waals surface area contributed by atoms with Crippen molar-refractivity contribution < 1.29 is 9.59 Å². The number of imidazole rings is 1. The lowest BCUT2D eigenvalue weighted by molar-refractivity contribution is -0.117. The van der Waals surface area contributed by atoms with Crippen molar-refractivity contribution in [2.75, 3.05) is 6.54 Å². The molecule has 0 bridgehead atoms. The molecule has 0 atom stereocenters. The zero-order chi connectivity index (χ0) is 17.3. The van der Waals surface area contributed by atoms with Crippen LogP contribution in [0.15, 0.2) is 42.7 Å². The highest BCUT2D eigenvalue weighted by atomic mass is 16.2. The summed E-state index contributed by atoms with van der Waals surface area (Å²) in [5, 5.41) is 2.47. The molecule has 2 amide bonds. The van der Waals surface area contributed by atoms with E-state index in [-0.39, 0.29) is 12.5 Å². The Morgan fingerprint density at radius 2 is 1.96 bits per heavy atom. The third-order valence-electron chi connectivity index (χ3n) is 3.84. The van der Waals surface area contributed by atoms with Gasteiger partial charge in [-0.25, -0.2) is 4.98 Å². The summed E-state index contributed by atoms with van der Waals surface area (Å²) in [6.45, 7) is 3.92. The van der Waals surface area contributed by atoms with Crippen molar-refractivity contribution in [3.63, 3.8) is 0 Å². The minimum absolute atomic E-state index is 0.187. The Hall–Kier alpha value is -3.15. The molecule has 122 valence electrons. The molecule has 1 heterocycles. The average Bonchev–Trinajstić information content (AvgIpc) is 2.95. The number of fused-ring (bicyclic) bond motifs is 1. The van der Waals surface area contributed by atoms with E-state index in [0.29, 0.717) is 11.1 Å². The first-order valence-electron chi connectivity index (χ1n) is 7.57. The molecule has 6 nitrogen and oxygen atoms in total. The molecule has 3 N–H and O–H groups in total. The maximum atomic E-state index is 12.0. The Morgan fingerprint density at radius 3 is 2.67 bits per heavy atom. The Kier molecular flexibility index (Phi) is 4.04. The number of nitrogens with two attached hydrogens (primary N) is 1. The minimum Gasteiger partial charge on any atom is -0.368 e. The Balaban J connectivity index is 1.97. The quantitative estimate of drug-likeness (QED) is 0.768. The molecule has 0 saturated carbocycles. The number of nitrogens with zero attached hydrogens (tertiary/aromatic N) is 2. The second kappa shape index (κ2) is 6.16. The summed E-state index contributed by atoms with van der Waals surface area (Å²) in [6.07, 6.45) is 1.74. The van der Waals surface area contributed by atoms with E-state index >= 15 is 0 Å². The number of carbonyl (C=O) groups is 2. The molecule has 0 aliphatic rings. The van der Waals surface area contributed by atoms with E-state index in [1.165, 1.54) is 5.56 Å². The lowest BCUT2D eigenvalue weighted by atomic mass is 10.1. The molecule has 0 saturated heterocycles. The summed E-state index contributed by atoms with van der Waals surface area (Å²) in [4.78, 5) is 27.2. The molecule has 3 rings (SSSR count). The molecule has 0 spiro atoms. The highest BCUT2D eigenvalue weighted by Crippen LogP contribution is 2.22.